The van der Waals surface area contributed by atoms with E-state index in [1.165, 1.54) is 24.0 Å². The largest absolute Gasteiger partial charge is 0.396 e. The second kappa shape index (κ2) is 6.10. The quantitative estimate of drug-likeness (QED) is 0.834. The number of benzene rings is 2. The van der Waals surface area contributed by atoms with Gasteiger partial charge in [-0.15, -0.1) is 0 Å². The van der Waals surface area contributed by atoms with E-state index in [0.29, 0.717) is 6.04 Å². The van der Waals surface area contributed by atoms with Crippen molar-refractivity contribution in [1.82, 2.24) is 0 Å². The third-order valence-electron chi connectivity index (χ3n) is 3.93. The van der Waals surface area contributed by atoms with E-state index in [1.807, 2.05) is 0 Å². The molecule has 104 valence electrons. The van der Waals surface area contributed by atoms with Crippen LogP contribution in [0.4, 0.5) is 5.69 Å². The van der Waals surface area contributed by atoms with Gasteiger partial charge in [-0.25, -0.2) is 0 Å². The molecule has 0 bridgehead atoms. The van der Waals surface area contributed by atoms with Crippen LogP contribution in [0.25, 0.3) is 0 Å². The maximum absolute atomic E-state index is 8.95. The Balaban J connectivity index is 1.73. The molecule has 0 aromatic heterocycles. The monoisotopic (exact) mass is 267 g/mol. The molecule has 0 radical (unpaired) electrons. The topological polar surface area (TPSA) is 32.3 Å². The molecule has 1 aliphatic carbocycles. The Bertz CT molecular complexity index is 531. The van der Waals surface area contributed by atoms with E-state index in [4.69, 9.17) is 5.11 Å². The number of anilines is 1. The summed E-state index contributed by atoms with van der Waals surface area (Å²) in [6, 6.07) is 19.5. The molecule has 2 heteroatoms. The Morgan fingerprint density at radius 2 is 1.70 bits per heavy atom. The maximum atomic E-state index is 8.95. The van der Waals surface area contributed by atoms with Crippen LogP contribution in [0.3, 0.4) is 0 Å². The highest BCUT2D eigenvalue weighted by Gasteiger charge is 2.32. The van der Waals surface area contributed by atoms with Gasteiger partial charge in [0.05, 0.1) is 6.04 Å². The second-order valence-corrected chi connectivity index (χ2v) is 5.54. The Labute approximate surface area is 120 Å². The zero-order chi connectivity index (χ0) is 13.8. The van der Waals surface area contributed by atoms with Crippen LogP contribution < -0.4 is 5.32 Å². The van der Waals surface area contributed by atoms with Crippen LogP contribution in [0.5, 0.6) is 0 Å². The van der Waals surface area contributed by atoms with Crippen LogP contribution in [-0.2, 0) is 6.42 Å². The molecule has 3 rings (SSSR count). The van der Waals surface area contributed by atoms with Gasteiger partial charge in [0.15, 0.2) is 0 Å². The van der Waals surface area contributed by atoms with E-state index < -0.39 is 0 Å². The van der Waals surface area contributed by atoms with Crippen molar-refractivity contribution < 1.29 is 5.11 Å². The lowest BCUT2D eigenvalue weighted by atomic mass is 10.0. The van der Waals surface area contributed by atoms with Crippen LogP contribution in [0.1, 0.15) is 30.0 Å². The number of rotatable bonds is 6. The van der Waals surface area contributed by atoms with E-state index in [2.05, 4.69) is 59.9 Å². The second-order valence-electron chi connectivity index (χ2n) is 5.54. The molecule has 1 unspecified atom stereocenters. The lowest BCUT2D eigenvalue weighted by Crippen LogP contribution is -2.12. The van der Waals surface area contributed by atoms with Gasteiger partial charge in [0.1, 0.15) is 0 Å². The molecule has 1 atom stereocenters. The predicted molar refractivity (Wildman–Crippen MR) is 82.8 cm³/mol. The molecular formula is C18H21NO. The zero-order valence-corrected chi connectivity index (χ0v) is 11.6. The molecule has 2 aromatic rings. The molecule has 2 N–H and O–H groups in total. The summed E-state index contributed by atoms with van der Waals surface area (Å²) in [5.74, 6) is 0.759. The fraction of sp³-hybridized carbons (Fsp3) is 0.333. The van der Waals surface area contributed by atoms with Crippen molar-refractivity contribution in [3.8, 4) is 0 Å². The average molecular weight is 267 g/mol. The van der Waals surface area contributed by atoms with E-state index in [9.17, 15) is 0 Å². The summed E-state index contributed by atoms with van der Waals surface area (Å²) >= 11 is 0. The van der Waals surface area contributed by atoms with Crippen LogP contribution in [0, 0.1) is 5.92 Å². The maximum Gasteiger partial charge on any atom is 0.0542 e. The lowest BCUT2D eigenvalue weighted by Gasteiger charge is -2.20. The number of nitrogens with one attached hydrogen (secondary N) is 1. The molecule has 1 aliphatic rings. The Morgan fingerprint density at radius 3 is 2.30 bits per heavy atom. The lowest BCUT2D eigenvalue weighted by molar-refractivity contribution is 0.299. The highest BCUT2D eigenvalue weighted by Crippen LogP contribution is 2.42. The van der Waals surface area contributed by atoms with Gasteiger partial charge in [-0.2, -0.15) is 0 Å². The normalized spacial score (nSPS) is 15.8. The minimum absolute atomic E-state index is 0.210. The Kier molecular flexibility index (Phi) is 4.03. The van der Waals surface area contributed by atoms with Gasteiger partial charge < -0.3 is 10.4 Å². The standard InChI is InChI=1S/C18H21NO/c20-13-12-14-6-10-17(11-7-14)19-18(16-8-9-16)15-4-2-1-3-5-15/h1-7,10-11,16,18-20H,8-9,12-13H2. The average Bonchev–Trinajstić information content (AvgIpc) is 3.32. The van der Waals surface area contributed by atoms with Gasteiger partial charge >= 0.3 is 0 Å². The SMILES string of the molecule is OCCc1ccc(NC(c2ccccc2)C2CC2)cc1. The van der Waals surface area contributed by atoms with Gasteiger partial charge in [0.25, 0.3) is 0 Å². The molecule has 20 heavy (non-hydrogen) atoms. The molecule has 1 fully saturated rings. The van der Waals surface area contributed by atoms with Gasteiger partial charge in [0, 0.05) is 12.3 Å². The minimum atomic E-state index is 0.210. The van der Waals surface area contributed by atoms with Crippen molar-refractivity contribution in [1.29, 1.82) is 0 Å². The van der Waals surface area contributed by atoms with Crippen molar-refractivity contribution in [2.75, 3.05) is 11.9 Å². The third-order valence-corrected chi connectivity index (χ3v) is 3.93. The molecular weight excluding hydrogens is 246 g/mol. The summed E-state index contributed by atoms with van der Waals surface area (Å²) in [4.78, 5) is 0. The smallest absolute Gasteiger partial charge is 0.0542 e. The van der Waals surface area contributed by atoms with Crippen LogP contribution in [0.2, 0.25) is 0 Å². The van der Waals surface area contributed by atoms with E-state index in [-0.39, 0.29) is 6.61 Å². The number of aliphatic hydroxyl groups excluding tert-OH is 1. The summed E-state index contributed by atoms with van der Waals surface area (Å²) in [6.07, 6.45) is 3.36. The van der Waals surface area contributed by atoms with Gasteiger partial charge in [-0.3, -0.25) is 0 Å². The summed E-state index contributed by atoms with van der Waals surface area (Å²) in [5, 5.41) is 12.6. The molecule has 1 saturated carbocycles. The molecule has 0 heterocycles. The van der Waals surface area contributed by atoms with E-state index >= 15 is 0 Å². The summed E-state index contributed by atoms with van der Waals surface area (Å²) in [6.45, 7) is 0.210. The van der Waals surface area contributed by atoms with Crippen molar-refractivity contribution in [3.63, 3.8) is 0 Å². The van der Waals surface area contributed by atoms with Crippen LogP contribution >= 0.6 is 0 Å². The minimum Gasteiger partial charge on any atom is -0.396 e. The molecule has 0 spiro atoms. The first-order chi connectivity index (χ1) is 9.86. The van der Waals surface area contributed by atoms with E-state index in [0.717, 1.165) is 18.0 Å². The summed E-state index contributed by atoms with van der Waals surface area (Å²) in [7, 11) is 0. The predicted octanol–water partition coefficient (Wildman–Crippen LogP) is 3.78. The van der Waals surface area contributed by atoms with Gasteiger partial charge in [0.2, 0.25) is 0 Å². The first kappa shape index (κ1) is 13.2. The number of hydrogen-bond donors (Lipinski definition) is 2. The van der Waals surface area contributed by atoms with Crippen molar-refractivity contribution in [3.05, 3.63) is 65.7 Å². The summed E-state index contributed by atoms with van der Waals surface area (Å²) < 4.78 is 0. The van der Waals surface area contributed by atoms with Crippen molar-refractivity contribution in [2.45, 2.75) is 25.3 Å². The van der Waals surface area contributed by atoms with Gasteiger partial charge in [-0.05, 0) is 48.4 Å². The summed E-state index contributed by atoms with van der Waals surface area (Å²) in [5.41, 5.74) is 3.71. The van der Waals surface area contributed by atoms with Crippen molar-refractivity contribution >= 4 is 5.69 Å². The highest BCUT2D eigenvalue weighted by atomic mass is 16.2. The van der Waals surface area contributed by atoms with Crippen LogP contribution in [0.15, 0.2) is 54.6 Å². The number of aliphatic hydroxyl groups is 1. The van der Waals surface area contributed by atoms with Crippen molar-refractivity contribution in [2.24, 2.45) is 5.92 Å². The highest BCUT2D eigenvalue weighted by molar-refractivity contribution is 5.47. The Hall–Kier alpha value is -1.80. The molecule has 0 amide bonds. The van der Waals surface area contributed by atoms with Gasteiger partial charge in [-0.1, -0.05) is 42.5 Å². The fourth-order valence-electron chi connectivity index (χ4n) is 2.64. The zero-order valence-electron chi connectivity index (χ0n) is 11.6. The molecule has 2 aromatic carbocycles. The third kappa shape index (κ3) is 3.20. The first-order valence-corrected chi connectivity index (χ1v) is 7.38. The van der Waals surface area contributed by atoms with Crippen LogP contribution in [-0.4, -0.2) is 11.7 Å². The molecule has 2 nitrogen and oxygen atoms in total. The fourth-order valence-corrected chi connectivity index (χ4v) is 2.64. The molecule has 0 saturated heterocycles. The molecule has 0 aliphatic heterocycles. The first-order valence-electron chi connectivity index (χ1n) is 7.38. The Morgan fingerprint density at radius 1 is 1.00 bits per heavy atom. The van der Waals surface area contributed by atoms with E-state index in [1.54, 1.807) is 0 Å². The number of hydrogen-bond acceptors (Lipinski definition) is 2.